The lowest BCUT2D eigenvalue weighted by Crippen LogP contribution is -2.41. The molecule has 2 aliphatic rings. The Kier molecular flexibility index (Phi) is 5.81. The molecule has 140 valence electrons. The van der Waals surface area contributed by atoms with E-state index >= 15 is 0 Å². The first-order valence-electron chi connectivity index (χ1n) is 9.10. The highest BCUT2D eigenvalue weighted by Gasteiger charge is 2.41. The molecule has 0 aromatic heterocycles. The molecule has 1 aromatic carbocycles. The Balaban J connectivity index is 1.66. The fourth-order valence-corrected chi connectivity index (χ4v) is 3.83. The van der Waals surface area contributed by atoms with Gasteiger partial charge in [-0.05, 0) is 43.9 Å². The van der Waals surface area contributed by atoms with E-state index in [2.05, 4.69) is 10.6 Å². The fourth-order valence-electron chi connectivity index (χ4n) is 3.63. The summed E-state index contributed by atoms with van der Waals surface area (Å²) in [4.78, 5) is 35.9. The second-order valence-corrected chi connectivity index (χ2v) is 7.53. The minimum atomic E-state index is -0.944. The van der Waals surface area contributed by atoms with E-state index in [-0.39, 0.29) is 17.9 Å². The van der Waals surface area contributed by atoms with Gasteiger partial charge in [-0.25, -0.2) is 0 Å². The SMILES string of the molecule is O=C(NC1CCCCC1)c1cc(NC(=O)C2CCC2C(=O)O)ccc1Cl. The molecular weight excluding hydrogens is 356 g/mol. The van der Waals surface area contributed by atoms with Gasteiger partial charge in [-0.3, -0.25) is 14.4 Å². The molecule has 2 unspecified atom stereocenters. The molecule has 3 N–H and O–H groups in total. The summed E-state index contributed by atoms with van der Waals surface area (Å²) in [6.07, 6.45) is 6.44. The lowest BCUT2D eigenvalue weighted by atomic mass is 9.73. The molecule has 6 nitrogen and oxygen atoms in total. The summed E-state index contributed by atoms with van der Waals surface area (Å²) in [6.45, 7) is 0. The number of carboxylic acid groups (broad SMARTS) is 1. The van der Waals surface area contributed by atoms with Crippen molar-refractivity contribution in [1.29, 1.82) is 0 Å². The summed E-state index contributed by atoms with van der Waals surface area (Å²) in [6, 6.07) is 4.90. The van der Waals surface area contributed by atoms with Crippen LogP contribution in [-0.2, 0) is 9.59 Å². The zero-order chi connectivity index (χ0) is 18.7. The van der Waals surface area contributed by atoms with E-state index in [0.29, 0.717) is 29.1 Å². The van der Waals surface area contributed by atoms with Crippen molar-refractivity contribution in [3.05, 3.63) is 28.8 Å². The Morgan fingerprint density at radius 2 is 1.69 bits per heavy atom. The number of amides is 2. The third-order valence-electron chi connectivity index (χ3n) is 5.35. The Labute approximate surface area is 157 Å². The van der Waals surface area contributed by atoms with Gasteiger partial charge in [0.05, 0.1) is 22.4 Å². The Morgan fingerprint density at radius 1 is 1.00 bits per heavy atom. The van der Waals surface area contributed by atoms with Crippen LogP contribution >= 0.6 is 11.6 Å². The van der Waals surface area contributed by atoms with E-state index in [1.165, 1.54) is 6.42 Å². The van der Waals surface area contributed by atoms with Crippen LogP contribution in [0.2, 0.25) is 5.02 Å². The molecule has 0 radical (unpaired) electrons. The van der Waals surface area contributed by atoms with Gasteiger partial charge in [-0.15, -0.1) is 0 Å². The topological polar surface area (TPSA) is 95.5 Å². The number of nitrogens with one attached hydrogen (secondary N) is 2. The molecule has 7 heteroatoms. The molecule has 0 spiro atoms. The number of anilines is 1. The molecule has 1 aromatic rings. The predicted octanol–water partition coefficient (Wildman–Crippen LogP) is 3.45. The normalized spacial score (nSPS) is 23.0. The van der Waals surface area contributed by atoms with Gasteiger partial charge < -0.3 is 15.7 Å². The molecule has 2 amide bonds. The smallest absolute Gasteiger partial charge is 0.307 e. The van der Waals surface area contributed by atoms with Crippen molar-refractivity contribution >= 4 is 35.1 Å². The van der Waals surface area contributed by atoms with Gasteiger partial charge in [0.2, 0.25) is 5.91 Å². The maximum absolute atomic E-state index is 12.5. The van der Waals surface area contributed by atoms with Crippen molar-refractivity contribution in [3.63, 3.8) is 0 Å². The summed E-state index contributed by atoms with van der Waals surface area (Å²) in [5, 5.41) is 15.1. The van der Waals surface area contributed by atoms with Crippen LogP contribution in [0.15, 0.2) is 18.2 Å². The molecular formula is C19H23ClN2O4. The highest BCUT2D eigenvalue weighted by atomic mass is 35.5. The average Bonchev–Trinajstić information content (AvgIpc) is 2.55. The van der Waals surface area contributed by atoms with Crippen LogP contribution in [-0.4, -0.2) is 28.9 Å². The first-order chi connectivity index (χ1) is 12.5. The van der Waals surface area contributed by atoms with Gasteiger partial charge in [0.25, 0.3) is 5.91 Å². The van der Waals surface area contributed by atoms with E-state index in [1.54, 1.807) is 18.2 Å². The Morgan fingerprint density at radius 3 is 2.31 bits per heavy atom. The minimum Gasteiger partial charge on any atom is -0.481 e. The quantitative estimate of drug-likeness (QED) is 0.731. The molecule has 0 bridgehead atoms. The average molecular weight is 379 g/mol. The molecule has 0 aliphatic heterocycles. The van der Waals surface area contributed by atoms with E-state index in [9.17, 15) is 14.4 Å². The monoisotopic (exact) mass is 378 g/mol. The maximum Gasteiger partial charge on any atom is 0.307 e. The van der Waals surface area contributed by atoms with Crippen LogP contribution in [0.1, 0.15) is 55.3 Å². The maximum atomic E-state index is 12.5. The second kappa shape index (κ2) is 8.08. The first-order valence-corrected chi connectivity index (χ1v) is 9.47. The molecule has 2 aliphatic carbocycles. The van der Waals surface area contributed by atoms with Gasteiger partial charge in [0.1, 0.15) is 0 Å². The molecule has 2 saturated carbocycles. The molecule has 2 atom stereocenters. The number of carbonyl (C=O) groups is 3. The van der Waals surface area contributed by atoms with Crippen molar-refractivity contribution in [1.82, 2.24) is 5.32 Å². The third kappa shape index (κ3) is 4.18. The van der Waals surface area contributed by atoms with Crippen LogP contribution in [0, 0.1) is 11.8 Å². The molecule has 2 fully saturated rings. The Hall–Kier alpha value is -2.08. The number of benzene rings is 1. The lowest BCUT2D eigenvalue weighted by molar-refractivity contribution is -0.151. The number of aliphatic carboxylic acids is 1. The summed E-state index contributed by atoms with van der Waals surface area (Å²) in [7, 11) is 0. The van der Waals surface area contributed by atoms with Crippen LogP contribution in [0.3, 0.4) is 0 Å². The summed E-state index contributed by atoms with van der Waals surface area (Å²) in [5.74, 6) is -2.67. The minimum absolute atomic E-state index is 0.164. The molecule has 0 saturated heterocycles. The van der Waals surface area contributed by atoms with Gasteiger partial charge in [0.15, 0.2) is 0 Å². The van der Waals surface area contributed by atoms with Crippen molar-refractivity contribution in [2.45, 2.75) is 51.0 Å². The predicted molar refractivity (Wildman–Crippen MR) is 98.3 cm³/mol. The number of carbonyl (C=O) groups excluding carboxylic acids is 2. The standard InChI is InChI=1S/C19H23ClN2O4/c20-16-9-6-12(22-17(23)13-7-8-14(13)19(25)26)10-15(16)18(24)21-11-4-2-1-3-5-11/h6,9-11,13-14H,1-5,7-8H2,(H,21,24)(H,22,23)(H,25,26). The third-order valence-corrected chi connectivity index (χ3v) is 5.68. The highest BCUT2D eigenvalue weighted by molar-refractivity contribution is 6.34. The molecule has 0 heterocycles. The van der Waals surface area contributed by atoms with E-state index < -0.39 is 17.8 Å². The van der Waals surface area contributed by atoms with Crippen molar-refractivity contribution < 1.29 is 19.5 Å². The van der Waals surface area contributed by atoms with Crippen LogP contribution in [0.5, 0.6) is 0 Å². The zero-order valence-electron chi connectivity index (χ0n) is 14.5. The molecule has 3 rings (SSSR count). The molecule has 26 heavy (non-hydrogen) atoms. The number of hydrogen-bond donors (Lipinski definition) is 3. The summed E-state index contributed by atoms with van der Waals surface area (Å²) < 4.78 is 0. The van der Waals surface area contributed by atoms with Crippen molar-refractivity contribution in [2.75, 3.05) is 5.32 Å². The largest absolute Gasteiger partial charge is 0.481 e. The van der Waals surface area contributed by atoms with E-state index in [4.69, 9.17) is 16.7 Å². The van der Waals surface area contributed by atoms with Gasteiger partial charge in [0, 0.05) is 11.7 Å². The second-order valence-electron chi connectivity index (χ2n) is 7.12. The Bertz CT molecular complexity index is 715. The summed E-state index contributed by atoms with van der Waals surface area (Å²) in [5.41, 5.74) is 0.766. The number of halogens is 1. The number of hydrogen-bond acceptors (Lipinski definition) is 3. The summed E-state index contributed by atoms with van der Waals surface area (Å²) >= 11 is 6.16. The van der Waals surface area contributed by atoms with Crippen molar-refractivity contribution in [2.24, 2.45) is 11.8 Å². The van der Waals surface area contributed by atoms with E-state index in [1.807, 2.05) is 0 Å². The van der Waals surface area contributed by atoms with Crippen LogP contribution in [0.25, 0.3) is 0 Å². The van der Waals surface area contributed by atoms with Gasteiger partial charge in [-0.2, -0.15) is 0 Å². The van der Waals surface area contributed by atoms with Gasteiger partial charge in [-0.1, -0.05) is 30.9 Å². The number of carboxylic acids is 1. The van der Waals surface area contributed by atoms with Crippen LogP contribution < -0.4 is 10.6 Å². The van der Waals surface area contributed by atoms with Crippen LogP contribution in [0.4, 0.5) is 5.69 Å². The zero-order valence-corrected chi connectivity index (χ0v) is 15.2. The van der Waals surface area contributed by atoms with Gasteiger partial charge >= 0.3 is 5.97 Å². The number of rotatable bonds is 5. The highest BCUT2D eigenvalue weighted by Crippen LogP contribution is 2.35. The lowest BCUT2D eigenvalue weighted by Gasteiger charge is -2.31. The fraction of sp³-hybridized carbons (Fsp3) is 0.526. The first kappa shape index (κ1) is 18.7. The van der Waals surface area contributed by atoms with E-state index in [0.717, 1.165) is 25.7 Å². The van der Waals surface area contributed by atoms with Crippen molar-refractivity contribution in [3.8, 4) is 0 Å².